The molecule has 0 aliphatic heterocycles. The predicted octanol–water partition coefficient (Wildman–Crippen LogP) is 3.29. The second-order valence-electron chi connectivity index (χ2n) is 4.63. The maximum absolute atomic E-state index is 4.35. The van der Waals surface area contributed by atoms with Crippen LogP contribution in [0.15, 0.2) is 5.10 Å². The summed E-state index contributed by atoms with van der Waals surface area (Å²) in [6.45, 7) is 14.2. The molecule has 2 heteroatoms. The molecule has 0 aromatic carbocycles. The molecule has 0 aliphatic carbocycles. The van der Waals surface area contributed by atoms with E-state index in [4.69, 9.17) is 0 Å². The van der Waals surface area contributed by atoms with Crippen LogP contribution in [0, 0.1) is 17.8 Å². The second kappa shape index (κ2) is 6.86. The average Bonchev–Trinajstić information content (AvgIpc) is 2.15. The standard InChI is InChI=1S/C12H26N2/c1-7-10(4)11(5)8-13-14-12(6)9(2)3/h9-11,13H,7-8H2,1-6H3/b14-12+. The van der Waals surface area contributed by atoms with Gasteiger partial charge in [0.1, 0.15) is 0 Å². The van der Waals surface area contributed by atoms with Crippen LogP contribution in [0.5, 0.6) is 0 Å². The summed E-state index contributed by atoms with van der Waals surface area (Å²) in [5.41, 5.74) is 4.35. The minimum atomic E-state index is 0.543. The van der Waals surface area contributed by atoms with E-state index >= 15 is 0 Å². The molecule has 0 spiro atoms. The summed E-state index contributed by atoms with van der Waals surface area (Å²) in [5, 5.41) is 4.35. The molecule has 0 fully saturated rings. The van der Waals surface area contributed by atoms with Crippen molar-refractivity contribution in [1.29, 1.82) is 0 Å². The maximum Gasteiger partial charge on any atom is 0.0372 e. The van der Waals surface area contributed by atoms with Gasteiger partial charge < -0.3 is 5.43 Å². The Hall–Kier alpha value is -0.530. The molecule has 0 aromatic heterocycles. The molecule has 2 nitrogen and oxygen atoms in total. The Labute approximate surface area is 89.2 Å². The van der Waals surface area contributed by atoms with E-state index in [0.29, 0.717) is 11.8 Å². The number of hydrogen-bond donors (Lipinski definition) is 1. The Morgan fingerprint density at radius 1 is 1.14 bits per heavy atom. The van der Waals surface area contributed by atoms with E-state index in [2.05, 4.69) is 52.1 Å². The third-order valence-corrected chi connectivity index (χ3v) is 3.12. The van der Waals surface area contributed by atoms with Gasteiger partial charge in [-0.15, -0.1) is 0 Å². The molecular weight excluding hydrogens is 172 g/mol. The van der Waals surface area contributed by atoms with E-state index < -0.39 is 0 Å². The van der Waals surface area contributed by atoms with Crippen molar-refractivity contribution in [2.45, 2.75) is 48.0 Å². The van der Waals surface area contributed by atoms with Gasteiger partial charge in [-0.2, -0.15) is 5.10 Å². The van der Waals surface area contributed by atoms with Crippen LogP contribution in [0.4, 0.5) is 0 Å². The van der Waals surface area contributed by atoms with Crippen molar-refractivity contribution in [1.82, 2.24) is 5.43 Å². The van der Waals surface area contributed by atoms with Gasteiger partial charge in [0, 0.05) is 12.3 Å². The van der Waals surface area contributed by atoms with Gasteiger partial charge in [-0.25, -0.2) is 0 Å². The van der Waals surface area contributed by atoms with Gasteiger partial charge in [-0.3, -0.25) is 0 Å². The molecule has 84 valence electrons. The fraction of sp³-hybridized carbons (Fsp3) is 0.917. The summed E-state index contributed by atoms with van der Waals surface area (Å²) >= 11 is 0. The number of nitrogens with zero attached hydrogens (tertiary/aromatic N) is 1. The molecule has 0 radical (unpaired) electrons. The third kappa shape index (κ3) is 5.25. The Kier molecular flexibility index (Phi) is 6.60. The van der Waals surface area contributed by atoms with Gasteiger partial charge in [0.25, 0.3) is 0 Å². The average molecular weight is 198 g/mol. The third-order valence-electron chi connectivity index (χ3n) is 3.12. The quantitative estimate of drug-likeness (QED) is 0.514. The lowest BCUT2D eigenvalue weighted by Gasteiger charge is -2.17. The topological polar surface area (TPSA) is 24.4 Å². The van der Waals surface area contributed by atoms with E-state index in [1.807, 2.05) is 0 Å². The summed E-state index contributed by atoms with van der Waals surface area (Å²) in [5.74, 6) is 2.02. The highest BCUT2D eigenvalue weighted by Gasteiger charge is 2.08. The molecule has 0 heterocycles. The fourth-order valence-electron chi connectivity index (χ4n) is 1.05. The normalized spacial score (nSPS) is 16.9. The molecule has 0 saturated heterocycles. The van der Waals surface area contributed by atoms with E-state index in [9.17, 15) is 0 Å². The molecule has 0 bridgehead atoms. The molecule has 0 rings (SSSR count). The van der Waals surface area contributed by atoms with E-state index in [1.54, 1.807) is 0 Å². The Morgan fingerprint density at radius 3 is 2.14 bits per heavy atom. The minimum Gasteiger partial charge on any atom is -0.310 e. The predicted molar refractivity (Wildman–Crippen MR) is 64.6 cm³/mol. The first-order valence-electron chi connectivity index (χ1n) is 5.76. The first kappa shape index (κ1) is 13.5. The SMILES string of the molecule is CCC(C)C(C)CN/N=C(\C)C(C)C. The lowest BCUT2D eigenvalue weighted by atomic mass is 9.94. The Balaban J connectivity index is 3.78. The van der Waals surface area contributed by atoms with Crippen LogP contribution in [-0.2, 0) is 0 Å². The first-order chi connectivity index (χ1) is 6.49. The van der Waals surface area contributed by atoms with Crippen molar-refractivity contribution >= 4 is 5.71 Å². The second-order valence-corrected chi connectivity index (χ2v) is 4.63. The van der Waals surface area contributed by atoms with Crippen molar-refractivity contribution in [2.24, 2.45) is 22.9 Å². The summed E-state index contributed by atoms with van der Waals surface area (Å²) < 4.78 is 0. The molecule has 1 N–H and O–H groups in total. The zero-order chi connectivity index (χ0) is 11.1. The van der Waals surface area contributed by atoms with Crippen LogP contribution >= 0.6 is 0 Å². The van der Waals surface area contributed by atoms with Gasteiger partial charge in [0.05, 0.1) is 0 Å². The summed E-state index contributed by atoms with van der Waals surface area (Å²) in [7, 11) is 0. The highest BCUT2D eigenvalue weighted by molar-refractivity contribution is 5.83. The van der Waals surface area contributed by atoms with Gasteiger partial charge >= 0.3 is 0 Å². The largest absolute Gasteiger partial charge is 0.310 e. The van der Waals surface area contributed by atoms with Gasteiger partial charge in [0.2, 0.25) is 0 Å². The molecular formula is C12H26N2. The smallest absolute Gasteiger partial charge is 0.0372 e. The zero-order valence-corrected chi connectivity index (χ0v) is 10.6. The fourth-order valence-corrected chi connectivity index (χ4v) is 1.05. The number of hydrogen-bond acceptors (Lipinski definition) is 2. The van der Waals surface area contributed by atoms with E-state index in [-0.39, 0.29) is 0 Å². The molecule has 0 aliphatic rings. The van der Waals surface area contributed by atoms with Crippen molar-refractivity contribution in [3.05, 3.63) is 0 Å². The van der Waals surface area contributed by atoms with Crippen LogP contribution in [0.25, 0.3) is 0 Å². The zero-order valence-electron chi connectivity index (χ0n) is 10.6. The van der Waals surface area contributed by atoms with Crippen molar-refractivity contribution in [3.8, 4) is 0 Å². The lowest BCUT2D eigenvalue weighted by Crippen LogP contribution is -2.22. The van der Waals surface area contributed by atoms with Crippen LogP contribution in [0.1, 0.15) is 48.0 Å². The molecule has 2 unspecified atom stereocenters. The molecule has 14 heavy (non-hydrogen) atoms. The van der Waals surface area contributed by atoms with Crippen LogP contribution in [-0.4, -0.2) is 12.3 Å². The van der Waals surface area contributed by atoms with Crippen molar-refractivity contribution in [3.63, 3.8) is 0 Å². The van der Waals surface area contributed by atoms with Crippen LogP contribution < -0.4 is 5.43 Å². The molecule has 0 aromatic rings. The lowest BCUT2D eigenvalue weighted by molar-refractivity contribution is 0.361. The van der Waals surface area contributed by atoms with Gasteiger partial charge in [-0.1, -0.05) is 41.0 Å². The monoisotopic (exact) mass is 198 g/mol. The maximum atomic E-state index is 4.35. The highest BCUT2D eigenvalue weighted by Crippen LogP contribution is 2.12. The number of hydrazone groups is 1. The van der Waals surface area contributed by atoms with E-state index in [0.717, 1.165) is 12.5 Å². The summed E-state index contributed by atoms with van der Waals surface area (Å²) in [4.78, 5) is 0. The summed E-state index contributed by atoms with van der Waals surface area (Å²) in [6.07, 6.45) is 1.25. The number of rotatable bonds is 6. The molecule has 0 saturated carbocycles. The molecule has 2 atom stereocenters. The summed E-state index contributed by atoms with van der Waals surface area (Å²) in [6, 6.07) is 0. The van der Waals surface area contributed by atoms with E-state index in [1.165, 1.54) is 12.1 Å². The highest BCUT2D eigenvalue weighted by atomic mass is 15.3. The van der Waals surface area contributed by atoms with Crippen molar-refractivity contribution in [2.75, 3.05) is 6.54 Å². The van der Waals surface area contributed by atoms with Crippen LogP contribution in [0.2, 0.25) is 0 Å². The Morgan fingerprint density at radius 2 is 1.71 bits per heavy atom. The number of nitrogens with one attached hydrogen (secondary N) is 1. The van der Waals surface area contributed by atoms with Gasteiger partial charge in [-0.05, 0) is 24.7 Å². The van der Waals surface area contributed by atoms with Gasteiger partial charge in [0.15, 0.2) is 0 Å². The Bertz CT molecular complexity index is 173. The van der Waals surface area contributed by atoms with Crippen molar-refractivity contribution < 1.29 is 0 Å². The molecule has 0 amide bonds. The minimum absolute atomic E-state index is 0.543. The van der Waals surface area contributed by atoms with Crippen LogP contribution in [0.3, 0.4) is 0 Å². The first-order valence-corrected chi connectivity index (χ1v) is 5.76.